The molecule has 2 N–H and O–H groups in total. The van der Waals surface area contributed by atoms with Gasteiger partial charge in [-0.05, 0) is 51.9 Å². The minimum atomic E-state index is -0.497. The Hall–Kier alpha value is -3.30. The van der Waals surface area contributed by atoms with Gasteiger partial charge in [0.05, 0.1) is 22.8 Å². The molecule has 158 valence electrons. The third-order valence-electron chi connectivity index (χ3n) is 4.26. The number of anilines is 1. The first-order valence-electron chi connectivity index (χ1n) is 9.26. The van der Waals surface area contributed by atoms with Crippen molar-refractivity contribution >= 4 is 50.5 Å². The summed E-state index contributed by atoms with van der Waals surface area (Å²) in [6.45, 7) is 0.423. The Morgan fingerprint density at radius 1 is 1.06 bits per heavy atom. The van der Waals surface area contributed by atoms with Crippen molar-refractivity contribution in [3.05, 3.63) is 98.5 Å². The van der Waals surface area contributed by atoms with Crippen LogP contribution in [-0.2, 0) is 6.42 Å². The number of thiocarbonyl (C=S) groups is 1. The Morgan fingerprint density at radius 2 is 1.77 bits per heavy atom. The largest absolute Gasteiger partial charge is 0.492 e. The number of hydrogen-bond donors (Lipinski definition) is 2. The topological polar surface area (TPSA) is 93.5 Å². The van der Waals surface area contributed by atoms with Crippen LogP contribution in [0.2, 0.25) is 0 Å². The van der Waals surface area contributed by atoms with Crippen LogP contribution in [0.15, 0.2) is 77.3 Å². The van der Waals surface area contributed by atoms with E-state index in [9.17, 15) is 14.9 Å². The highest BCUT2D eigenvalue weighted by Gasteiger charge is 2.15. The Balaban J connectivity index is 1.61. The van der Waals surface area contributed by atoms with Gasteiger partial charge in [-0.15, -0.1) is 0 Å². The quantitative estimate of drug-likeness (QED) is 0.266. The highest BCUT2D eigenvalue weighted by atomic mass is 79.9. The van der Waals surface area contributed by atoms with Gasteiger partial charge in [0, 0.05) is 23.0 Å². The van der Waals surface area contributed by atoms with E-state index in [1.807, 2.05) is 30.3 Å². The summed E-state index contributed by atoms with van der Waals surface area (Å²) in [4.78, 5) is 23.1. The molecule has 0 aliphatic rings. The highest BCUT2D eigenvalue weighted by molar-refractivity contribution is 9.10. The average Bonchev–Trinajstić information content (AvgIpc) is 2.76. The number of hydrogen-bond acceptors (Lipinski definition) is 5. The fourth-order valence-electron chi connectivity index (χ4n) is 2.75. The number of rotatable bonds is 7. The molecule has 0 spiro atoms. The molecule has 0 unspecified atom stereocenters. The van der Waals surface area contributed by atoms with Crippen molar-refractivity contribution in [3.8, 4) is 5.75 Å². The van der Waals surface area contributed by atoms with Gasteiger partial charge in [0.25, 0.3) is 11.6 Å². The lowest BCUT2D eigenvalue weighted by molar-refractivity contribution is -0.384. The Morgan fingerprint density at radius 3 is 2.48 bits per heavy atom. The molecule has 0 heterocycles. The summed E-state index contributed by atoms with van der Waals surface area (Å²) in [5.41, 5.74) is 1.92. The van der Waals surface area contributed by atoms with Crippen LogP contribution in [0, 0.1) is 10.1 Å². The Bertz CT molecular complexity index is 1110. The van der Waals surface area contributed by atoms with Gasteiger partial charge in [-0.25, -0.2) is 0 Å². The zero-order valence-corrected chi connectivity index (χ0v) is 18.6. The predicted octanol–water partition coefficient (Wildman–Crippen LogP) is 5.11. The molecular weight excluding hydrogens is 482 g/mol. The first-order chi connectivity index (χ1) is 14.9. The molecule has 0 radical (unpaired) electrons. The second kappa shape index (κ2) is 10.6. The van der Waals surface area contributed by atoms with E-state index < -0.39 is 10.8 Å². The predicted molar refractivity (Wildman–Crippen MR) is 127 cm³/mol. The van der Waals surface area contributed by atoms with Crippen molar-refractivity contribution in [3.63, 3.8) is 0 Å². The summed E-state index contributed by atoms with van der Waals surface area (Å²) >= 11 is 8.47. The molecule has 0 saturated heterocycles. The van der Waals surface area contributed by atoms with E-state index in [1.54, 1.807) is 24.3 Å². The van der Waals surface area contributed by atoms with Crippen LogP contribution in [0.4, 0.5) is 11.4 Å². The van der Waals surface area contributed by atoms with E-state index in [0.29, 0.717) is 34.5 Å². The maximum absolute atomic E-state index is 12.7. The lowest BCUT2D eigenvalue weighted by Crippen LogP contribution is -2.34. The summed E-state index contributed by atoms with van der Waals surface area (Å²) in [5.74, 6) is 0.0288. The molecule has 7 nitrogen and oxygen atoms in total. The SMILES string of the molecule is O=C(NC(=S)Nc1ccc([N+](=O)[O-])cc1Br)c1ccccc1OCCc1ccccc1. The van der Waals surface area contributed by atoms with Gasteiger partial charge < -0.3 is 10.1 Å². The van der Waals surface area contributed by atoms with Crippen molar-refractivity contribution in [1.29, 1.82) is 0 Å². The summed E-state index contributed by atoms with van der Waals surface area (Å²) in [6, 6.07) is 21.0. The number of para-hydroxylation sites is 1. The van der Waals surface area contributed by atoms with Crippen molar-refractivity contribution < 1.29 is 14.5 Å². The van der Waals surface area contributed by atoms with Crippen LogP contribution in [0.1, 0.15) is 15.9 Å². The van der Waals surface area contributed by atoms with E-state index in [0.717, 1.165) is 5.56 Å². The summed E-state index contributed by atoms with van der Waals surface area (Å²) in [7, 11) is 0. The smallest absolute Gasteiger partial charge is 0.270 e. The van der Waals surface area contributed by atoms with Crippen molar-refractivity contribution in [2.75, 3.05) is 11.9 Å². The van der Waals surface area contributed by atoms with Crippen LogP contribution in [0.3, 0.4) is 0 Å². The molecule has 31 heavy (non-hydrogen) atoms. The first kappa shape index (κ1) is 22.4. The van der Waals surface area contributed by atoms with E-state index in [1.165, 1.54) is 18.2 Å². The number of nitro benzene ring substituents is 1. The highest BCUT2D eigenvalue weighted by Crippen LogP contribution is 2.27. The molecule has 3 aromatic carbocycles. The number of halogens is 1. The summed E-state index contributed by atoms with van der Waals surface area (Å²) in [6.07, 6.45) is 0.713. The molecule has 9 heteroatoms. The third-order valence-corrected chi connectivity index (χ3v) is 5.12. The van der Waals surface area contributed by atoms with E-state index in [2.05, 4.69) is 26.6 Å². The van der Waals surface area contributed by atoms with Gasteiger partial charge in [-0.1, -0.05) is 42.5 Å². The Kier molecular flexibility index (Phi) is 7.69. The molecule has 3 aromatic rings. The molecule has 0 atom stereocenters. The molecule has 0 fully saturated rings. The number of non-ortho nitro benzene ring substituents is 1. The molecule has 3 rings (SSSR count). The molecule has 1 amide bonds. The Labute approximate surface area is 192 Å². The molecule has 0 aromatic heterocycles. The average molecular weight is 500 g/mol. The zero-order valence-electron chi connectivity index (χ0n) is 16.2. The van der Waals surface area contributed by atoms with Gasteiger partial charge in [0.15, 0.2) is 5.11 Å². The lowest BCUT2D eigenvalue weighted by atomic mass is 10.1. The molecular formula is C22H18BrN3O4S. The van der Waals surface area contributed by atoms with Crippen LogP contribution < -0.4 is 15.4 Å². The number of nitro groups is 1. The van der Waals surface area contributed by atoms with E-state index in [4.69, 9.17) is 17.0 Å². The number of nitrogens with zero attached hydrogens (tertiary/aromatic N) is 1. The van der Waals surface area contributed by atoms with Gasteiger partial charge in [-0.3, -0.25) is 20.2 Å². The number of benzene rings is 3. The first-order valence-corrected chi connectivity index (χ1v) is 10.5. The van der Waals surface area contributed by atoms with Crippen LogP contribution in [0.5, 0.6) is 5.75 Å². The minimum absolute atomic E-state index is 0.0543. The molecule has 0 bridgehead atoms. The van der Waals surface area contributed by atoms with Gasteiger partial charge in [0.1, 0.15) is 5.75 Å². The third kappa shape index (κ3) is 6.34. The van der Waals surface area contributed by atoms with E-state index in [-0.39, 0.29) is 10.8 Å². The maximum atomic E-state index is 12.7. The number of carbonyl (C=O) groups is 1. The number of amides is 1. The second-order valence-electron chi connectivity index (χ2n) is 6.41. The lowest BCUT2D eigenvalue weighted by Gasteiger charge is -2.13. The minimum Gasteiger partial charge on any atom is -0.492 e. The molecule has 0 saturated carbocycles. The zero-order chi connectivity index (χ0) is 22.2. The van der Waals surface area contributed by atoms with Crippen LogP contribution in [0.25, 0.3) is 0 Å². The maximum Gasteiger partial charge on any atom is 0.270 e. The summed E-state index contributed by atoms with van der Waals surface area (Å²) in [5, 5.41) is 16.4. The fraction of sp³-hybridized carbons (Fsp3) is 0.0909. The van der Waals surface area contributed by atoms with Crippen molar-refractivity contribution in [1.82, 2.24) is 5.32 Å². The fourth-order valence-corrected chi connectivity index (χ4v) is 3.42. The van der Waals surface area contributed by atoms with Crippen molar-refractivity contribution in [2.45, 2.75) is 6.42 Å². The molecule has 0 aliphatic carbocycles. The monoisotopic (exact) mass is 499 g/mol. The standard InChI is InChI=1S/C22H18BrN3O4S/c23-18-14-16(26(28)29)10-11-19(18)24-22(31)25-21(27)17-8-4-5-9-20(17)30-13-12-15-6-2-1-3-7-15/h1-11,14H,12-13H2,(H2,24,25,27,31). The van der Waals surface area contributed by atoms with Gasteiger partial charge in [-0.2, -0.15) is 0 Å². The van der Waals surface area contributed by atoms with Gasteiger partial charge >= 0.3 is 0 Å². The number of carbonyl (C=O) groups excluding carboxylic acids is 1. The van der Waals surface area contributed by atoms with E-state index >= 15 is 0 Å². The normalized spacial score (nSPS) is 10.2. The summed E-state index contributed by atoms with van der Waals surface area (Å²) < 4.78 is 6.27. The van der Waals surface area contributed by atoms with Crippen LogP contribution in [-0.4, -0.2) is 22.5 Å². The van der Waals surface area contributed by atoms with Crippen LogP contribution >= 0.6 is 28.1 Å². The van der Waals surface area contributed by atoms with Crippen molar-refractivity contribution in [2.24, 2.45) is 0 Å². The number of ether oxygens (including phenoxy) is 1. The number of nitrogens with one attached hydrogen (secondary N) is 2. The van der Waals surface area contributed by atoms with Gasteiger partial charge in [0.2, 0.25) is 0 Å². The molecule has 0 aliphatic heterocycles. The second-order valence-corrected chi connectivity index (χ2v) is 7.67.